The molecule has 14 heteroatoms. The molecular formula is C22H19Cl2F6N3O2S. The molecular weight excluding hydrogens is 555 g/mol. The van der Waals surface area contributed by atoms with E-state index in [1.165, 1.54) is 0 Å². The van der Waals surface area contributed by atoms with Crippen molar-refractivity contribution in [3.05, 3.63) is 58.1 Å². The van der Waals surface area contributed by atoms with Crippen molar-refractivity contribution in [3.63, 3.8) is 0 Å². The maximum Gasteiger partial charge on any atom is 0.416 e. The maximum atomic E-state index is 13.4. The van der Waals surface area contributed by atoms with Crippen LogP contribution in [0.4, 0.5) is 31.5 Å². The van der Waals surface area contributed by atoms with Crippen molar-refractivity contribution in [1.29, 1.82) is 0 Å². The number of benzene rings is 2. The summed E-state index contributed by atoms with van der Waals surface area (Å²) < 4.78 is 86.1. The summed E-state index contributed by atoms with van der Waals surface area (Å²) in [6.07, 6.45) is -10.1. The number of halogens is 8. The van der Waals surface area contributed by atoms with E-state index in [0.717, 1.165) is 16.2 Å². The Balaban J connectivity index is 0.00000361. The number of fused-ring (bicyclic) bond motifs is 1. The van der Waals surface area contributed by atoms with Crippen LogP contribution >= 0.6 is 35.3 Å². The van der Waals surface area contributed by atoms with Crippen molar-refractivity contribution < 1.29 is 35.9 Å². The molecule has 1 saturated heterocycles. The molecule has 0 radical (unpaired) electrons. The highest BCUT2D eigenvalue weighted by Gasteiger charge is 2.38. The third-order valence-corrected chi connectivity index (χ3v) is 6.67. The number of hydrogen-bond acceptors (Lipinski definition) is 5. The van der Waals surface area contributed by atoms with Gasteiger partial charge in [0.1, 0.15) is 0 Å². The van der Waals surface area contributed by atoms with Gasteiger partial charge in [-0.1, -0.05) is 22.9 Å². The van der Waals surface area contributed by atoms with E-state index in [0.29, 0.717) is 60.2 Å². The van der Waals surface area contributed by atoms with Crippen molar-refractivity contribution >= 4 is 56.6 Å². The summed E-state index contributed by atoms with van der Waals surface area (Å²) in [5.41, 5.74) is -3.34. The van der Waals surface area contributed by atoms with E-state index in [1.54, 1.807) is 18.2 Å². The van der Waals surface area contributed by atoms with E-state index < -0.39 is 35.0 Å². The predicted octanol–water partition coefficient (Wildman–Crippen LogP) is 6.39. The van der Waals surface area contributed by atoms with E-state index in [9.17, 15) is 31.1 Å². The number of nitrogens with zero attached hydrogens (tertiary/aromatic N) is 3. The minimum atomic E-state index is -5.07. The standard InChI is InChI=1S/C22H18ClF6N3O2S.ClH/c23-16-1-2-17-18(12-16)35-20(30-17)32(4-3-31-5-7-34-8-6-31)19(33)13-9-14(21(24,25)26)11-15(10-13)22(27,28)29;/h1-2,9-12H,3-8H2;1H. The number of aromatic nitrogens is 1. The fraction of sp³-hybridized carbons (Fsp3) is 0.364. The number of thiazole rings is 1. The van der Waals surface area contributed by atoms with Crippen molar-refractivity contribution in [2.45, 2.75) is 12.4 Å². The van der Waals surface area contributed by atoms with Gasteiger partial charge in [0.2, 0.25) is 0 Å². The minimum absolute atomic E-state index is 0. The number of carbonyl (C=O) groups is 1. The summed E-state index contributed by atoms with van der Waals surface area (Å²) in [5, 5.41) is 0.568. The number of morpholine rings is 1. The maximum absolute atomic E-state index is 13.4. The van der Waals surface area contributed by atoms with Crippen LogP contribution in [0.1, 0.15) is 21.5 Å². The van der Waals surface area contributed by atoms with E-state index in [-0.39, 0.29) is 30.1 Å². The molecule has 0 atom stereocenters. The monoisotopic (exact) mass is 573 g/mol. The second-order valence-corrected chi connectivity index (χ2v) is 9.26. The van der Waals surface area contributed by atoms with Crippen LogP contribution in [0.2, 0.25) is 5.02 Å². The van der Waals surface area contributed by atoms with Crippen molar-refractivity contribution in [1.82, 2.24) is 9.88 Å². The summed E-state index contributed by atoms with van der Waals surface area (Å²) >= 11 is 7.09. The van der Waals surface area contributed by atoms with Crippen LogP contribution in [0.5, 0.6) is 0 Å². The molecule has 1 amide bonds. The Hall–Kier alpha value is -2.12. The topological polar surface area (TPSA) is 45.7 Å². The number of alkyl halides is 6. The fourth-order valence-corrected chi connectivity index (χ4v) is 4.85. The lowest BCUT2D eigenvalue weighted by Gasteiger charge is -2.29. The van der Waals surface area contributed by atoms with Crippen LogP contribution in [-0.2, 0) is 17.1 Å². The van der Waals surface area contributed by atoms with E-state index in [4.69, 9.17) is 16.3 Å². The van der Waals surface area contributed by atoms with Crippen LogP contribution in [0.25, 0.3) is 10.2 Å². The Labute approximate surface area is 217 Å². The van der Waals surface area contributed by atoms with Crippen LogP contribution in [0.3, 0.4) is 0 Å². The van der Waals surface area contributed by atoms with E-state index >= 15 is 0 Å². The van der Waals surface area contributed by atoms with Gasteiger partial charge in [0.05, 0.1) is 34.6 Å². The summed E-state index contributed by atoms with van der Waals surface area (Å²) in [4.78, 5) is 20.9. The quantitative estimate of drug-likeness (QED) is 0.332. The first-order valence-corrected chi connectivity index (χ1v) is 11.6. The molecule has 1 aliphatic heterocycles. The van der Waals surface area contributed by atoms with Gasteiger partial charge in [-0.25, -0.2) is 4.98 Å². The number of hydrogen-bond donors (Lipinski definition) is 0. The first-order chi connectivity index (χ1) is 16.4. The van der Waals surface area contributed by atoms with Gasteiger partial charge in [0.25, 0.3) is 5.91 Å². The molecule has 0 bridgehead atoms. The van der Waals surface area contributed by atoms with Crippen molar-refractivity contribution in [2.24, 2.45) is 0 Å². The molecule has 0 aliphatic carbocycles. The van der Waals surface area contributed by atoms with Gasteiger partial charge in [-0.2, -0.15) is 26.3 Å². The first-order valence-electron chi connectivity index (χ1n) is 10.4. The molecule has 36 heavy (non-hydrogen) atoms. The molecule has 1 aliphatic rings. The number of rotatable bonds is 5. The van der Waals surface area contributed by atoms with Gasteiger partial charge in [-0.15, -0.1) is 12.4 Å². The van der Waals surface area contributed by atoms with Crippen LogP contribution < -0.4 is 4.90 Å². The third kappa shape index (κ3) is 6.60. The summed E-state index contributed by atoms with van der Waals surface area (Å²) in [7, 11) is 0. The van der Waals surface area contributed by atoms with Gasteiger partial charge >= 0.3 is 12.4 Å². The summed E-state index contributed by atoms with van der Waals surface area (Å²) in [6.45, 7) is 2.46. The molecule has 1 aromatic heterocycles. The van der Waals surface area contributed by atoms with Crippen LogP contribution in [0, 0.1) is 0 Å². The molecule has 0 saturated carbocycles. The van der Waals surface area contributed by atoms with Gasteiger partial charge in [-0.3, -0.25) is 14.6 Å². The minimum Gasteiger partial charge on any atom is -0.379 e. The molecule has 3 aromatic rings. The van der Waals surface area contributed by atoms with Gasteiger partial charge in [-0.05, 0) is 36.4 Å². The predicted molar refractivity (Wildman–Crippen MR) is 127 cm³/mol. The van der Waals surface area contributed by atoms with Crippen molar-refractivity contribution in [2.75, 3.05) is 44.3 Å². The molecule has 196 valence electrons. The Bertz CT molecular complexity index is 1200. The lowest BCUT2D eigenvalue weighted by molar-refractivity contribution is -0.143. The highest BCUT2D eigenvalue weighted by atomic mass is 35.5. The Morgan fingerprint density at radius 3 is 2.22 bits per heavy atom. The molecule has 2 heterocycles. The number of ether oxygens (including phenoxy) is 1. The largest absolute Gasteiger partial charge is 0.416 e. The number of carbonyl (C=O) groups excluding carboxylic acids is 1. The lowest BCUT2D eigenvalue weighted by Crippen LogP contribution is -2.43. The molecule has 0 N–H and O–H groups in total. The average molecular weight is 574 g/mol. The SMILES string of the molecule is Cl.O=C(c1cc(C(F)(F)F)cc(C(F)(F)F)c1)N(CCN1CCOCC1)c1nc2ccc(Cl)cc2s1. The van der Waals surface area contributed by atoms with Crippen LogP contribution in [0.15, 0.2) is 36.4 Å². The highest BCUT2D eigenvalue weighted by molar-refractivity contribution is 7.22. The number of amides is 1. The van der Waals surface area contributed by atoms with Gasteiger partial charge in [0, 0.05) is 36.8 Å². The normalized spacial score (nSPS) is 15.1. The Morgan fingerprint density at radius 2 is 1.64 bits per heavy atom. The fourth-order valence-electron chi connectivity index (χ4n) is 3.59. The summed E-state index contributed by atoms with van der Waals surface area (Å²) in [6, 6.07) is 5.69. The molecule has 4 rings (SSSR count). The smallest absolute Gasteiger partial charge is 0.379 e. The Kier molecular flexibility index (Phi) is 8.77. The molecule has 2 aromatic carbocycles. The summed E-state index contributed by atoms with van der Waals surface area (Å²) in [5.74, 6) is -1.01. The molecule has 0 spiro atoms. The molecule has 5 nitrogen and oxygen atoms in total. The zero-order chi connectivity index (χ0) is 25.4. The molecule has 0 unspecified atom stereocenters. The number of anilines is 1. The van der Waals surface area contributed by atoms with Gasteiger partial charge in [0.15, 0.2) is 5.13 Å². The van der Waals surface area contributed by atoms with Gasteiger partial charge < -0.3 is 4.74 Å². The van der Waals surface area contributed by atoms with E-state index in [1.807, 2.05) is 4.90 Å². The van der Waals surface area contributed by atoms with Crippen LogP contribution in [-0.4, -0.2) is 55.2 Å². The first kappa shape index (κ1) is 28.5. The average Bonchev–Trinajstić information content (AvgIpc) is 3.21. The molecule has 1 fully saturated rings. The highest BCUT2D eigenvalue weighted by Crippen LogP contribution is 2.37. The lowest BCUT2D eigenvalue weighted by atomic mass is 10.0. The zero-order valence-corrected chi connectivity index (χ0v) is 20.7. The van der Waals surface area contributed by atoms with Crippen molar-refractivity contribution in [3.8, 4) is 0 Å². The second-order valence-electron chi connectivity index (χ2n) is 7.81. The Morgan fingerprint density at radius 1 is 1.03 bits per heavy atom. The van der Waals surface area contributed by atoms with E-state index in [2.05, 4.69) is 4.98 Å². The zero-order valence-electron chi connectivity index (χ0n) is 18.3. The third-order valence-electron chi connectivity index (χ3n) is 5.39. The second kappa shape index (κ2) is 11.1.